The number of hydrogen-bond acceptors (Lipinski definition) is 5. The average Bonchev–Trinajstić information content (AvgIpc) is 2.19. The van der Waals surface area contributed by atoms with Crippen LogP contribution in [0.25, 0.3) is 0 Å². The Bertz CT molecular complexity index is 508. The average molecular weight is 350 g/mol. The third-order valence-corrected chi connectivity index (χ3v) is 7.81. The van der Waals surface area contributed by atoms with Crippen LogP contribution in [0, 0.1) is 5.41 Å². The summed E-state index contributed by atoms with van der Waals surface area (Å²) in [6.07, 6.45) is -1.42. The van der Waals surface area contributed by atoms with Gasteiger partial charge in [0, 0.05) is 0 Å². The predicted molar refractivity (Wildman–Crippen MR) is 62.5 cm³/mol. The molecule has 0 aliphatic rings. The molecule has 0 aromatic rings. The molecule has 14 heteroatoms. The van der Waals surface area contributed by atoms with Crippen molar-refractivity contribution in [3.8, 4) is 0 Å². The van der Waals surface area contributed by atoms with Crippen molar-refractivity contribution < 1.29 is 58.4 Å². The lowest BCUT2D eigenvalue weighted by atomic mass is 9.82. The highest BCUT2D eigenvalue weighted by atomic mass is 31.2. The fourth-order valence-electron chi connectivity index (χ4n) is 2.07. The van der Waals surface area contributed by atoms with Crippen LogP contribution in [-0.2, 0) is 23.5 Å². The summed E-state index contributed by atoms with van der Waals surface area (Å²) in [5.41, 5.74) is -4.44. The summed E-state index contributed by atoms with van der Waals surface area (Å²) in [6, 6.07) is 0. The third kappa shape index (κ3) is 2.39. The summed E-state index contributed by atoms with van der Waals surface area (Å²) >= 11 is 0. The van der Waals surface area contributed by atoms with Crippen molar-refractivity contribution in [2.45, 2.75) is 18.2 Å². The molecule has 0 amide bonds. The van der Waals surface area contributed by atoms with Crippen molar-refractivity contribution in [1.82, 2.24) is 0 Å². The van der Waals surface area contributed by atoms with Gasteiger partial charge in [-0.15, -0.1) is 0 Å². The van der Waals surface area contributed by atoms with Gasteiger partial charge in [-0.3, -0.25) is 23.5 Å². The van der Waals surface area contributed by atoms with Gasteiger partial charge in [-0.2, -0.15) is 0 Å². The second kappa shape index (κ2) is 5.48. The van der Waals surface area contributed by atoms with Crippen molar-refractivity contribution in [3.63, 3.8) is 0 Å². The first kappa shape index (κ1) is 19.7. The molecule has 0 fully saturated rings. The Morgan fingerprint density at radius 1 is 0.810 bits per heavy atom. The van der Waals surface area contributed by atoms with Crippen LogP contribution in [0.2, 0.25) is 0 Å². The summed E-state index contributed by atoms with van der Waals surface area (Å²) in [4.78, 5) is 66.0. The van der Waals surface area contributed by atoms with E-state index in [2.05, 4.69) is 0 Å². The summed E-state index contributed by atoms with van der Waals surface area (Å²) in [7, 11) is -12.4. The Kier molecular flexibility index (Phi) is 5.15. The molecule has 0 heterocycles. The van der Waals surface area contributed by atoms with E-state index in [1.165, 1.54) is 0 Å². The molecular weight excluding hydrogens is 338 g/mol. The minimum Gasteiger partial charge on any atom is -0.480 e. The molecule has 122 valence electrons. The number of hydrogen-bond donors (Lipinski definition) is 7. The Morgan fingerprint density at radius 2 is 1.05 bits per heavy atom. The molecule has 0 spiro atoms. The molecule has 0 aromatic carbocycles. The molecule has 0 radical (unpaired) electrons. The zero-order valence-corrected chi connectivity index (χ0v) is 12.1. The van der Waals surface area contributed by atoms with Crippen LogP contribution in [0.5, 0.6) is 0 Å². The van der Waals surface area contributed by atoms with Crippen molar-refractivity contribution in [1.29, 1.82) is 0 Å². The fourth-order valence-corrected chi connectivity index (χ4v) is 5.70. The van der Waals surface area contributed by atoms with E-state index in [9.17, 15) is 43.1 Å². The number of carboxylic acids is 3. The topological polar surface area (TPSA) is 227 Å². The molecule has 0 saturated carbocycles. The number of carbonyl (C=O) groups is 3. The monoisotopic (exact) mass is 350 g/mol. The molecule has 0 rings (SSSR count). The van der Waals surface area contributed by atoms with Gasteiger partial charge in [0.25, 0.3) is 5.41 Å². The van der Waals surface area contributed by atoms with Gasteiger partial charge in [0.15, 0.2) is 0 Å². The second-order valence-corrected chi connectivity index (χ2v) is 7.98. The molecule has 0 aliphatic heterocycles. The van der Waals surface area contributed by atoms with Crippen LogP contribution in [-0.4, -0.2) is 57.7 Å². The summed E-state index contributed by atoms with van der Waals surface area (Å²) in [6.45, 7) is 0.655. The van der Waals surface area contributed by atoms with Gasteiger partial charge >= 0.3 is 33.1 Å². The first-order valence-electron chi connectivity index (χ1n) is 4.96. The van der Waals surface area contributed by atoms with Gasteiger partial charge in [-0.05, 0) is 6.42 Å². The van der Waals surface area contributed by atoms with Gasteiger partial charge in [0.05, 0.1) is 0 Å². The zero-order chi connectivity index (χ0) is 17.4. The van der Waals surface area contributed by atoms with Crippen molar-refractivity contribution in [2.75, 3.05) is 0 Å². The van der Waals surface area contributed by atoms with Gasteiger partial charge in [-0.25, -0.2) is 0 Å². The van der Waals surface area contributed by atoms with Crippen LogP contribution >= 0.6 is 15.2 Å². The summed E-state index contributed by atoms with van der Waals surface area (Å²) < 4.78 is 23.0. The van der Waals surface area contributed by atoms with Crippen LogP contribution in [0.1, 0.15) is 13.3 Å². The molecular formula is C7H12O12P2. The SMILES string of the molecule is CCC(C(C(=O)O)(C(=O)O)C(=O)O)(P(=O)(O)O)P(=O)(O)O. The van der Waals surface area contributed by atoms with Crippen molar-refractivity contribution >= 4 is 33.1 Å². The van der Waals surface area contributed by atoms with E-state index in [1.54, 1.807) is 0 Å². The molecule has 0 aliphatic carbocycles. The molecule has 0 atom stereocenters. The summed E-state index contributed by atoms with van der Waals surface area (Å²) in [5, 5.41) is 26.7. The first-order valence-corrected chi connectivity index (χ1v) is 8.18. The molecule has 12 nitrogen and oxygen atoms in total. The minimum atomic E-state index is -6.22. The van der Waals surface area contributed by atoms with E-state index < -0.39 is 49.8 Å². The maximum atomic E-state index is 11.5. The largest absolute Gasteiger partial charge is 0.480 e. The number of aliphatic carboxylic acids is 3. The van der Waals surface area contributed by atoms with Crippen LogP contribution in [0.15, 0.2) is 0 Å². The number of rotatable bonds is 7. The molecule has 0 bridgehead atoms. The zero-order valence-electron chi connectivity index (χ0n) is 10.3. The lowest BCUT2D eigenvalue weighted by molar-refractivity contribution is -0.178. The van der Waals surface area contributed by atoms with Crippen molar-refractivity contribution in [3.05, 3.63) is 0 Å². The second-order valence-electron chi connectivity index (χ2n) is 3.92. The Balaban J connectivity index is 7.31. The fraction of sp³-hybridized carbons (Fsp3) is 0.571. The van der Waals surface area contributed by atoms with Crippen LogP contribution < -0.4 is 0 Å². The molecule has 0 aromatic heterocycles. The van der Waals surface area contributed by atoms with Gasteiger partial charge in [0.1, 0.15) is 0 Å². The standard InChI is InChI=1S/C7H12O12P2/c1-2-6(20(14,15)16,21(17,18)19)7(3(8)9,4(10)11)5(12)13/h2H2,1H3,(H,8,9)(H,10,11)(H,12,13)(H2,14,15,16)(H2,17,18,19). The molecule has 21 heavy (non-hydrogen) atoms. The Hall–Kier alpha value is -1.29. The molecule has 7 N–H and O–H groups in total. The highest BCUT2D eigenvalue weighted by molar-refractivity contribution is 7.72. The van der Waals surface area contributed by atoms with Crippen LogP contribution in [0.4, 0.5) is 0 Å². The smallest absolute Gasteiger partial charge is 0.346 e. The lowest BCUT2D eigenvalue weighted by Gasteiger charge is -2.41. The highest BCUT2D eigenvalue weighted by Gasteiger charge is 2.81. The van der Waals surface area contributed by atoms with Crippen LogP contribution in [0.3, 0.4) is 0 Å². The van der Waals surface area contributed by atoms with E-state index in [-0.39, 0.29) is 0 Å². The van der Waals surface area contributed by atoms with Gasteiger partial charge in [-0.1, -0.05) is 6.92 Å². The Morgan fingerprint density at radius 3 is 1.10 bits per heavy atom. The maximum Gasteiger partial charge on any atom is 0.346 e. The Labute approximate surface area is 116 Å². The van der Waals surface area contributed by atoms with Crippen molar-refractivity contribution in [2.24, 2.45) is 5.41 Å². The van der Waals surface area contributed by atoms with Gasteiger partial charge in [0.2, 0.25) is 4.90 Å². The number of carboxylic acid groups (broad SMARTS) is 3. The minimum absolute atomic E-state index is 0.655. The normalized spacial score (nSPS) is 13.8. The highest BCUT2D eigenvalue weighted by Crippen LogP contribution is 2.77. The first-order chi connectivity index (χ1) is 9.14. The van der Waals surface area contributed by atoms with E-state index in [1.807, 2.05) is 0 Å². The van der Waals surface area contributed by atoms with Gasteiger partial charge < -0.3 is 34.9 Å². The maximum absolute atomic E-state index is 11.5. The van der Waals surface area contributed by atoms with E-state index in [4.69, 9.17) is 15.3 Å². The van der Waals surface area contributed by atoms with E-state index in [0.29, 0.717) is 6.92 Å². The van der Waals surface area contributed by atoms with E-state index >= 15 is 0 Å². The molecule has 0 unspecified atom stereocenters. The summed E-state index contributed by atoms with van der Waals surface area (Å²) in [5.74, 6) is -8.47. The third-order valence-electron chi connectivity index (χ3n) is 3.02. The lowest BCUT2D eigenvalue weighted by Crippen LogP contribution is -2.61. The predicted octanol–water partition coefficient (Wildman–Crippen LogP) is -1.31. The van der Waals surface area contributed by atoms with E-state index in [0.717, 1.165) is 0 Å². The molecule has 0 saturated heterocycles. The quantitative estimate of drug-likeness (QED) is 0.210.